The van der Waals surface area contributed by atoms with Gasteiger partial charge >= 0.3 is 0 Å². The normalized spacial score (nSPS) is 28.1. The maximum atomic E-state index is 6.26. The minimum atomic E-state index is 0.289. The smallest absolute Gasteiger partial charge is 0.128 e. The predicted octanol–water partition coefficient (Wildman–Crippen LogP) is 3.73. The van der Waals surface area contributed by atoms with Gasteiger partial charge in [-0.3, -0.25) is 4.90 Å². The Kier molecular flexibility index (Phi) is 6.87. The number of piperazine rings is 1. The summed E-state index contributed by atoms with van der Waals surface area (Å²) in [4.78, 5) is 9.33. The second kappa shape index (κ2) is 8.94. The summed E-state index contributed by atoms with van der Waals surface area (Å²) in [7, 11) is 0. The van der Waals surface area contributed by atoms with Crippen LogP contribution >= 0.6 is 12.6 Å². The van der Waals surface area contributed by atoms with Crippen LogP contribution in [0.25, 0.3) is 0 Å². The van der Waals surface area contributed by atoms with E-state index in [9.17, 15) is 0 Å². The van der Waals surface area contributed by atoms with Crippen LogP contribution in [0.4, 0.5) is 5.82 Å². The molecule has 2 aliphatic rings. The summed E-state index contributed by atoms with van der Waals surface area (Å²) in [5.41, 5.74) is 0.413. The Morgan fingerprint density at radius 3 is 2.65 bits per heavy atom. The molecule has 5 heteroatoms. The van der Waals surface area contributed by atoms with Crippen LogP contribution in [-0.4, -0.2) is 60.6 Å². The lowest BCUT2D eigenvalue weighted by molar-refractivity contribution is -0.0237. The first kappa shape index (κ1) is 20.0. The van der Waals surface area contributed by atoms with E-state index in [0.717, 1.165) is 51.1 Å². The largest absolute Gasteiger partial charge is 0.377 e. The fourth-order valence-electron chi connectivity index (χ4n) is 4.68. The number of hydrogen-bond acceptors (Lipinski definition) is 5. The highest BCUT2D eigenvalue weighted by atomic mass is 32.1. The van der Waals surface area contributed by atoms with Gasteiger partial charge in [0.25, 0.3) is 0 Å². The monoisotopic (exact) mass is 377 g/mol. The van der Waals surface area contributed by atoms with E-state index in [1.165, 1.54) is 19.3 Å². The lowest BCUT2D eigenvalue weighted by Crippen LogP contribution is -2.48. The van der Waals surface area contributed by atoms with Crippen LogP contribution in [-0.2, 0) is 4.74 Å². The molecule has 0 bridgehead atoms. The van der Waals surface area contributed by atoms with Crippen molar-refractivity contribution in [2.75, 3.05) is 44.2 Å². The molecule has 1 aromatic heterocycles. The molecule has 1 aromatic rings. The molecule has 146 valence electrons. The first-order valence-corrected chi connectivity index (χ1v) is 10.6. The Balaban J connectivity index is 1.37. The van der Waals surface area contributed by atoms with Crippen LogP contribution in [0.2, 0.25) is 0 Å². The van der Waals surface area contributed by atoms with Crippen molar-refractivity contribution in [1.29, 1.82) is 0 Å². The van der Waals surface area contributed by atoms with Crippen LogP contribution in [0.15, 0.2) is 24.4 Å². The van der Waals surface area contributed by atoms with Crippen LogP contribution in [0.5, 0.6) is 0 Å². The van der Waals surface area contributed by atoms with Gasteiger partial charge in [0, 0.05) is 44.2 Å². The van der Waals surface area contributed by atoms with Crippen molar-refractivity contribution < 1.29 is 4.74 Å². The zero-order valence-electron chi connectivity index (χ0n) is 16.6. The minimum Gasteiger partial charge on any atom is -0.377 e. The van der Waals surface area contributed by atoms with Gasteiger partial charge in [0.1, 0.15) is 5.82 Å². The number of nitrogens with zero attached hydrogens (tertiary/aromatic N) is 3. The number of rotatable bonds is 6. The molecule has 1 aliphatic carbocycles. The second-order valence-electron chi connectivity index (χ2n) is 9.00. The standard InChI is InChI=1S/C21H35N3OS/c1-17-12-18(14-21(2,3)13-17)25-16-19(26)15-23-8-10-24(11-9-23)20-6-4-5-7-22-20/h4-7,17-19,26H,8-16H2,1-3H3. The summed E-state index contributed by atoms with van der Waals surface area (Å²) in [6, 6.07) is 6.13. The number of hydrogen-bond donors (Lipinski definition) is 1. The lowest BCUT2D eigenvalue weighted by Gasteiger charge is -2.39. The van der Waals surface area contributed by atoms with Gasteiger partial charge in [-0.05, 0) is 42.7 Å². The van der Waals surface area contributed by atoms with Crippen molar-refractivity contribution in [3.8, 4) is 0 Å². The molecule has 1 saturated heterocycles. The minimum absolute atomic E-state index is 0.289. The summed E-state index contributed by atoms with van der Waals surface area (Å²) < 4.78 is 6.26. The summed E-state index contributed by atoms with van der Waals surface area (Å²) in [6.45, 7) is 13.1. The number of aromatic nitrogens is 1. The summed E-state index contributed by atoms with van der Waals surface area (Å²) in [6.07, 6.45) is 5.98. The van der Waals surface area contributed by atoms with E-state index in [0.29, 0.717) is 11.5 Å². The van der Waals surface area contributed by atoms with Crippen LogP contribution in [0.1, 0.15) is 40.0 Å². The number of thiol groups is 1. The molecule has 3 rings (SSSR count). The van der Waals surface area contributed by atoms with Crippen LogP contribution in [0, 0.1) is 11.3 Å². The Bertz CT molecular complexity index is 545. The Morgan fingerprint density at radius 1 is 1.23 bits per heavy atom. The molecular formula is C21H35N3OS. The van der Waals surface area contributed by atoms with E-state index in [1.54, 1.807) is 0 Å². The molecule has 0 amide bonds. The van der Waals surface area contributed by atoms with Crippen molar-refractivity contribution in [2.24, 2.45) is 11.3 Å². The zero-order valence-corrected chi connectivity index (χ0v) is 17.5. The van der Waals surface area contributed by atoms with Crippen molar-refractivity contribution >= 4 is 18.4 Å². The van der Waals surface area contributed by atoms with E-state index in [1.807, 2.05) is 12.3 Å². The van der Waals surface area contributed by atoms with Crippen molar-refractivity contribution in [1.82, 2.24) is 9.88 Å². The molecule has 0 radical (unpaired) electrons. The number of ether oxygens (including phenoxy) is 1. The van der Waals surface area contributed by atoms with Crippen molar-refractivity contribution in [3.05, 3.63) is 24.4 Å². The quantitative estimate of drug-likeness (QED) is 0.765. The van der Waals surface area contributed by atoms with Crippen LogP contribution < -0.4 is 4.90 Å². The number of pyridine rings is 1. The molecule has 3 atom stereocenters. The molecule has 3 unspecified atom stereocenters. The van der Waals surface area contributed by atoms with Crippen LogP contribution in [0.3, 0.4) is 0 Å². The average Bonchev–Trinajstić information content (AvgIpc) is 2.60. The van der Waals surface area contributed by atoms with Gasteiger partial charge in [-0.1, -0.05) is 26.8 Å². The topological polar surface area (TPSA) is 28.6 Å². The lowest BCUT2D eigenvalue weighted by atomic mass is 9.71. The molecule has 4 nitrogen and oxygen atoms in total. The van der Waals surface area contributed by atoms with Crippen molar-refractivity contribution in [2.45, 2.75) is 51.4 Å². The first-order valence-electron chi connectivity index (χ1n) is 10.1. The molecule has 0 aromatic carbocycles. The van der Waals surface area contributed by atoms with E-state index in [4.69, 9.17) is 17.4 Å². The van der Waals surface area contributed by atoms with Crippen molar-refractivity contribution in [3.63, 3.8) is 0 Å². The van der Waals surface area contributed by atoms with E-state index in [-0.39, 0.29) is 5.25 Å². The molecule has 2 heterocycles. The molecule has 26 heavy (non-hydrogen) atoms. The molecule has 1 aliphatic heterocycles. The van der Waals surface area contributed by atoms with Gasteiger partial charge in [0.05, 0.1) is 12.7 Å². The van der Waals surface area contributed by atoms with Gasteiger partial charge in [-0.2, -0.15) is 12.6 Å². The van der Waals surface area contributed by atoms with Gasteiger partial charge in [-0.15, -0.1) is 0 Å². The van der Waals surface area contributed by atoms with Gasteiger partial charge in [-0.25, -0.2) is 4.98 Å². The fraction of sp³-hybridized carbons (Fsp3) is 0.762. The Hall–Kier alpha value is -0.780. The Morgan fingerprint density at radius 2 is 2.00 bits per heavy atom. The second-order valence-corrected chi connectivity index (χ2v) is 9.73. The molecule has 2 fully saturated rings. The third-order valence-corrected chi connectivity index (χ3v) is 6.00. The van der Waals surface area contributed by atoms with E-state index < -0.39 is 0 Å². The predicted molar refractivity (Wildman–Crippen MR) is 112 cm³/mol. The molecule has 1 saturated carbocycles. The van der Waals surface area contributed by atoms with Gasteiger partial charge < -0.3 is 9.64 Å². The van der Waals surface area contributed by atoms with E-state index in [2.05, 4.69) is 47.7 Å². The average molecular weight is 378 g/mol. The maximum absolute atomic E-state index is 6.26. The third-order valence-electron chi connectivity index (χ3n) is 5.69. The maximum Gasteiger partial charge on any atom is 0.128 e. The molecule has 0 N–H and O–H groups in total. The zero-order chi connectivity index (χ0) is 18.6. The van der Waals surface area contributed by atoms with Gasteiger partial charge in [0.2, 0.25) is 0 Å². The number of anilines is 1. The summed E-state index contributed by atoms with van der Waals surface area (Å²) >= 11 is 4.81. The summed E-state index contributed by atoms with van der Waals surface area (Å²) in [5.74, 6) is 1.86. The summed E-state index contributed by atoms with van der Waals surface area (Å²) in [5, 5.41) is 0.289. The SMILES string of the molecule is CC1CC(OCC(S)CN2CCN(c3ccccn3)CC2)CC(C)(C)C1. The first-order chi connectivity index (χ1) is 12.4. The van der Waals surface area contributed by atoms with Gasteiger partial charge in [0.15, 0.2) is 0 Å². The highest BCUT2D eigenvalue weighted by molar-refractivity contribution is 7.81. The Labute approximate surface area is 164 Å². The highest BCUT2D eigenvalue weighted by Gasteiger charge is 2.32. The molecule has 0 spiro atoms. The third kappa shape index (κ3) is 5.86. The highest BCUT2D eigenvalue weighted by Crippen LogP contribution is 2.39. The van der Waals surface area contributed by atoms with E-state index >= 15 is 0 Å². The molecular weight excluding hydrogens is 342 g/mol. The fourth-order valence-corrected chi connectivity index (χ4v) is 5.00.